The molecule has 0 spiro atoms. The highest BCUT2D eigenvalue weighted by Gasteiger charge is 2.39. The number of hydrogen-bond donors (Lipinski definition) is 2. The fraction of sp³-hybridized carbons (Fsp3) is 0.500. The number of rotatable bonds is 6. The average Bonchev–Trinajstić information content (AvgIpc) is 3.46. The number of nitrogens with zero attached hydrogens (tertiary/aromatic N) is 1. The minimum Gasteiger partial charge on any atom is -0.381 e. The van der Waals surface area contributed by atoms with Crippen LogP contribution in [0, 0.1) is 11.2 Å². The Morgan fingerprint density at radius 3 is 2.74 bits per heavy atom. The molecule has 2 fully saturated rings. The summed E-state index contributed by atoms with van der Waals surface area (Å²) >= 11 is 1.45. The molecule has 2 heterocycles. The molecule has 0 unspecified atom stereocenters. The van der Waals surface area contributed by atoms with Gasteiger partial charge in [-0.15, -0.1) is 11.3 Å². The number of halogens is 1. The summed E-state index contributed by atoms with van der Waals surface area (Å²) in [6.07, 6.45) is 3.95. The first kappa shape index (κ1) is 18.5. The number of ether oxygens (including phenoxy) is 1. The molecular weight excluding hydrogens is 365 g/mol. The van der Waals surface area contributed by atoms with Crippen LogP contribution in [0.15, 0.2) is 24.3 Å². The molecule has 4 rings (SSSR count). The number of nitrogens with one attached hydrogen (secondary N) is 1. The average molecular weight is 389 g/mol. The van der Waals surface area contributed by atoms with Gasteiger partial charge in [-0.1, -0.05) is 18.2 Å². The summed E-state index contributed by atoms with van der Waals surface area (Å²) in [5.74, 6) is 0.143. The third-order valence-corrected chi connectivity index (χ3v) is 6.53. The summed E-state index contributed by atoms with van der Waals surface area (Å²) in [4.78, 5) is 18.6. The second-order valence-corrected chi connectivity index (χ2v) is 8.50. The van der Waals surface area contributed by atoms with Crippen molar-refractivity contribution in [1.82, 2.24) is 4.98 Å². The summed E-state index contributed by atoms with van der Waals surface area (Å²) in [5.41, 5.74) is 7.01. The Morgan fingerprint density at radius 2 is 2.07 bits per heavy atom. The lowest BCUT2D eigenvalue weighted by Crippen LogP contribution is -2.46. The molecule has 2 aliphatic rings. The topological polar surface area (TPSA) is 77.2 Å². The summed E-state index contributed by atoms with van der Waals surface area (Å²) in [5, 5.41) is 3.58. The highest BCUT2D eigenvalue weighted by molar-refractivity contribution is 7.15. The number of anilines is 1. The largest absolute Gasteiger partial charge is 0.381 e. The van der Waals surface area contributed by atoms with E-state index in [0.29, 0.717) is 55.6 Å². The fourth-order valence-corrected chi connectivity index (χ4v) is 4.62. The van der Waals surface area contributed by atoms with Crippen LogP contribution in [0.2, 0.25) is 0 Å². The van der Waals surface area contributed by atoms with Crippen LogP contribution in [0.25, 0.3) is 0 Å². The summed E-state index contributed by atoms with van der Waals surface area (Å²) in [6.45, 7) is 1.40. The van der Waals surface area contributed by atoms with E-state index in [1.165, 1.54) is 17.4 Å². The van der Waals surface area contributed by atoms with Crippen LogP contribution < -0.4 is 11.1 Å². The van der Waals surface area contributed by atoms with Crippen molar-refractivity contribution in [2.45, 2.75) is 38.0 Å². The monoisotopic (exact) mass is 389 g/mol. The molecule has 144 valence electrons. The van der Waals surface area contributed by atoms with Crippen molar-refractivity contribution in [3.8, 4) is 0 Å². The number of aromatic nitrogens is 1. The molecule has 1 aliphatic heterocycles. The third-order valence-electron chi connectivity index (χ3n) is 5.54. The maximum Gasteiger partial charge on any atom is 0.233 e. The summed E-state index contributed by atoms with van der Waals surface area (Å²) in [7, 11) is 0. The van der Waals surface area contributed by atoms with Crippen LogP contribution in [0.4, 0.5) is 9.52 Å². The van der Waals surface area contributed by atoms with E-state index in [9.17, 15) is 9.18 Å². The maximum atomic E-state index is 14.1. The molecule has 1 saturated heterocycles. The molecule has 5 nitrogen and oxygen atoms in total. The van der Waals surface area contributed by atoms with Crippen molar-refractivity contribution in [3.63, 3.8) is 0 Å². The van der Waals surface area contributed by atoms with Crippen LogP contribution in [0.5, 0.6) is 0 Å². The Bertz CT molecular complexity index is 828. The van der Waals surface area contributed by atoms with E-state index in [-0.39, 0.29) is 11.7 Å². The molecule has 0 atom stereocenters. The third kappa shape index (κ3) is 3.90. The van der Waals surface area contributed by atoms with Crippen molar-refractivity contribution >= 4 is 22.4 Å². The van der Waals surface area contributed by atoms with E-state index in [0.717, 1.165) is 23.4 Å². The van der Waals surface area contributed by atoms with Gasteiger partial charge in [0.2, 0.25) is 5.91 Å². The quantitative estimate of drug-likeness (QED) is 0.793. The minimum atomic E-state index is -0.588. The van der Waals surface area contributed by atoms with Gasteiger partial charge in [0.25, 0.3) is 0 Å². The molecule has 3 N–H and O–H groups in total. The molecule has 0 radical (unpaired) electrons. The number of nitrogens with two attached hydrogens (primary N) is 1. The van der Waals surface area contributed by atoms with E-state index >= 15 is 0 Å². The molecule has 1 amide bonds. The van der Waals surface area contributed by atoms with E-state index in [4.69, 9.17) is 15.5 Å². The smallest absolute Gasteiger partial charge is 0.233 e. The number of thiazole rings is 1. The Labute approximate surface area is 162 Å². The highest BCUT2D eigenvalue weighted by atomic mass is 32.1. The van der Waals surface area contributed by atoms with E-state index < -0.39 is 5.41 Å². The number of amides is 1. The van der Waals surface area contributed by atoms with Crippen LogP contribution in [0.3, 0.4) is 0 Å². The predicted molar refractivity (Wildman–Crippen MR) is 103 cm³/mol. The van der Waals surface area contributed by atoms with Gasteiger partial charge in [-0.05, 0) is 37.3 Å². The molecule has 1 aromatic carbocycles. The van der Waals surface area contributed by atoms with E-state index in [2.05, 4.69) is 5.32 Å². The lowest BCUT2D eigenvalue weighted by Gasteiger charge is -2.34. The zero-order valence-corrected chi connectivity index (χ0v) is 16.0. The maximum absolute atomic E-state index is 14.1. The first-order chi connectivity index (χ1) is 13.1. The Kier molecular flexibility index (Phi) is 5.25. The van der Waals surface area contributed by atoms with Crippen LogP contribution in [-0.2, 0) is 16.0 Å². The van der Waals surface area contributed by atoms with Gasteiger partial charge in [-0.3, -0.25) is 4.79 Å². The zero-order valence-electron chi connectivity index (χ0n) is 15.2. The fourth-order valence-electron chi connectivity index (χ4n) is 3.55. The first-order valence-corrected chi connectivity index (χ1v) is 10.3. The summed E-state index contributed by atoms with van der Waals surface area (Å²) in [6, 6.07) is 6.82. The normalized spacial score (nSPS) is 19.0. The van der Waals surface area contributed by atoms with Gasteiger partial charge in [-0.2, -0.15) is 0 Å². The SMILES string of the molecule is NCC1(C(=O)Nc2nc(C3CC3)c(Cc3ccccc3F)s2)CCOCC1. The zero-order chi connectivity index (χ0) is 18.9. The molecule has 2 aromatic rings. The molecule has 1 aliphatic carbocycles. The summed E-state index contributed by atoms with van der Waals surface area (Å²) < 4.78 is 19.5. The molecular formula is C20H24FN3O2S. The van der Waals surface area contributed by atoms with Gasteiger partial charge >= 0.3 is 0 Å². The highest BCUT2D eigenvalue weighted by Crippen LogP contribution is 2.44. The Morgan fingerprint density at radius 1 is 1.33 bits per heavy atom. The van der Waals surface area contributed by atoms with Gasteiger partial charge in [-0.25, -0.2) is 9.37 Å². The van der Waals surface area contributed by atoms with Crippen molar-refractivity contribution in [2.75, 3.05) is 25.1 Å². The van der Waals surface area contributed by atoms with Gasteiger partial charge in [0.05, 0.1) is 11.1 Å². The van der Waals surface area contributed by atoms with Gasteiger partial charge in [0, 0.05) is 37.0 Å². The molecule has 7 heteroatoms. The number of hydrogen-bond acceptors (Lipinski definition) is 5. The second kappa shape index (κ2) is 7.66. The van der Waals surface area contributed by atoms with Crippen molar-refractivity contribution in [3.05, 3.63) is 46.2 Å². The van der Waals surface area contributed by atoms with Crippen LogP contribution in [-0.4, -0.2) is 30.6 Å². The molecule has 1 aromatic heterocycles. The van der Waals surface area contributed by atoms with Gasteiger partial charge in [0.15, 0.2) is 5.13 Å². The van der Waals surface area contributed by atoms with Crippen LogP contribution >= 0.6 is 11.3 Å². The van der Waals surface area contributed by atoms with Crippen molar-refractivity contribution in [2.24, 2.45) is 11.1 Å². The van der Waals surface area contributed by atoms with E-state index in [1.807, 2.05) is 6.07 Å². The number of benzene rings is 1. The van der Waals surface area contributed by atoms with Crippen molar-refractivity contribution in [1.29, 1.82) is 0 Å². The van der Waals surface area contributed by atoms with Crippen LogP contribution in [0.1, 0.15) is 47.7 Å². The number of carbonyl (C=O) groups excluding carboxylic acids is 1. The Hall–Kier alpha value is -1.83. The predicted octanol–water partition coefficient (Wildman–Crippen LogP) is 3.44. The minimum absolute atomic E-state index is 0.0816. The molecule has 27 heavy (non-hydrogen) atoms. The standard InChI is InChI=1S/C20H24FN3O2S/c21-15-4-2-1-3-14(15)11-16-17(13-5-6-13)23-19(27-16)24-18(25)20(12-22)7-9-26-10-8-20/h1-4,13H,5-12,22H2,(H,23,24,25). The van der Waals surface area contributed by atoms with Crippen molar-refractivity contribution < 1.29 is 13.9 Å². The first-order valence-electron chi connectivity index (χ1n) is 9.43. The lowest BCUT2D eigenvalue weighted by molar-refractivity contribution is -0.130. The number of carbonyl (C=O) groups is 1. The molecule has 0 bridgehead atoms. The van der Waals surface area contributed by atoms with Gasteiger partial charge in [0.1, 0.15) is 5.82 Å². The van der Waals surface area contributed by atoms with E-state index in [1.54, 1.807) is 12.1 Å². The lowest BCUT2D eigenvalue weighted by atomic mass is 9.79. The Balaban J connectivity index is 1.55. The second-order valence-electron chi connectivity index (χ2n) is 7.42. The van der Waals surface area contributed by atoms with Gasteiger partial charge < -0.3 is 15.8 Å². The molecule has 1 saturated carbocycles.